The fourth-order valence-electron chi connectivity index (χ4n) is 3.39. The summed E-state index contributed by atoms with van der Waals surface area (Å²) in [5.41, 5.74) is 6.92. The van der Waals surface area contributed by atoms with Crippen molar-refractivity contribution in [1.29, 1.82) is 0 Å². The maximum absolute atomic E-state index is 6.12. The van der Waals surface area contributed by atoms with Gasteiger partial charge in [-0.05, 0) is 94.5 Å². The molecule has 0 amide bonds. The van der Waals surface area contributed by atoms with Gasteiger partial charge in [-0.2, -0.15) is 0 Å². The van der Waals surface area contributed by atoms with Crippen molar-refractivity contribution < 1.29 is 9.31 Å². The Labute approximate surface area is 212 Å². The molecule has 0 N–H and O–H groups in total. The van der Waals surface area contributed by atoms with Gasteiger partial charge in [0.1, 0.15) is 0 Å². The first kappa shape index (κ1) is 28.4. The number of hydrogen-bond donors (Lipinski definition) is 0. The highest BCUT2D eigenvalue weighted by atomic mass is 32.2. The van der Waals surface area contributed by atoms with Gasteiger partial charge in [-0.25, -0.2) is 0 Å². The zero-order valence-corrected chi connectivity index (χ0v) is 23.4. The normalized spacial score (nSPS) is 18.5. The Morgan fingerprint density at radius 3 is 2.21 bits per heavy atom. The van der Waals surface area contributed by atoms with Crippen LogP contribution in [0, 0.1) is 6.92 Å². The summed E-state index contributed by atoms with van der Waals surface area (Å²) in [5.74, 6) is 0. The van der Waals surface area contributed by atoms with Crippen LogP contribution in [-0.2, 0) is 9.31 Å². The van der Waals surface area contributed by atoms with Crippen molar-refractivity contribution in [2.24, 2.45) is 4.99 Å². The second kappa shape index (κ2) is 11.7. The van der Waals surface area contributed by atoms with Crippen LogP contribution in [0.25, 0.3) is 5.70 Å². The average Bonchev–Trinajstić information content (AvgIpc) is 2.98. The molecule has 1 heterocycles. The third-order valence-corrected chi connectivity index (χ3v) is 7.63. The van der Waals surface area contributed by atoms with Crippen LogP contribution in [-0.4, -0.2) is 29.8 Å². The lowest BCUT2D eigenvalue weighted by Crippen LogP contribution is -2.41. The van der Waals surface area contributed by atoms with E-state index < -0.39 is 0 Å². The van der Waals surface area contributed by atoms with Gasteiger partial charge in [0, 0.05) is 17.0 Å². The van der Waals surface area contributed by atoms with Gasteiger partial charge in [0.15, 0.2) is 0 Å². The molecular formula is C29H42BNO2S. The van der Waals surface area contributed by atoms with E-state index in [0.29, 0.717) is 5.25 Å². The Hall–Kier alpha value is -1.82. The van der Waals surface area contributed by atoms with Crippen molar-refractivity contribution in [2.75, 3.05) is 0 Å². The van der Waals surface area contributed by atoms with Crippen molar-refractivity contribution in [2.45, 2.75) is 91.6 Å². The molecule has 0 atom stereocenters. The zero-order chi connectivity index (χ0) is 25.7. The minimum Gasteiger partial charge on any atom is -0.400 e. The van der Waals surface area contributed by atoms with Gasteiger partial charge in [-0.1, -0.05) is 44.7 Å². The Kier molecular flexibility index (Phi) is 9.82. The molecule has 1 aromatic carbocycles. The predicted octanol–water partition coefficient (Wildman–Crippen LogP) is 8.37. The predicted molar refractivity (Wildman–Crippen MR) is 152 cm³/mol. The maximum Gasteiger partial charge on any atom is 0.489 e. The lowest BCUT2D eigenvalue weighted by atomic mass is 9.76. The molecule has 0 radical (unpaired) electrons. The molecule has 184 valence electrons. The van der Waals surface area contributed by atoms with E-state index in [1.165, 1.54) is 16.7 Å². The van der Waals surface area contributed by atoms with Gasteiger partial charge in [-0.15, -0.1) is 18.3 Å². The first-order valence-corrected chi connectivity index (χ1v) is 13.0. The Morgan fingerprint density at radius 1 is 1.06 bits per heavy atom. The van der Waals surface area contributed by atoms with Crippen molar-refractivity contribution in [3.05, 3.63) is 76.2 Å². The van der Waals surface area contributed by atoms with E-state index in [0.717, 1.165) is 35.1 Å². The number of allylic oxidation sites excluding steroid dienone is 4. The number of thioether (sulfide) groups is 1. The van der Waals surface area contributed by atoms with E-state index in [9.17, 15) is 0 Å². The molecule has 2 rings (SSSR count). The van der Waals surface area contributed by atoms with Crippen LogP contribution in [0.1, 0.15) is 79.4 Å². The van der Waals surface area contributed by atoms with Gasteiger partial charge < -0.3 is 9.31 Å². The fraction of sp³-hybridized carbons (Fsp3) is 0.483. The van der Waals surface area contributed by atoms with E-state index in [1.54, 1.807) is 0 Å². The van der Waals surface area contributed by atoms with Crippen LogP contribution >= 0.6 is 11.8 Å². The molecule has 1 aromatic rings. The smallest absolute Gasteiger partial charge is 0.400 e. The summed E-state index contributed by atoms with van der Waals surface area (Å²) in [7, 11) is -0.384. The van der Waals surface area contributed by atoms with Crippen molar-refractivity contribution in [3.63, 3.8) is 0 Å². The molecule has 34 heavy (non-hydrogen) atoms. The molecule has 1 aliphatic heterocycles. The third kappa shape index (κ3) is 7.34. The molecule has 1 aliphatic rings. The molecule has 0 bridgehead atoms. The van der Waals surface area contributed by atoms with Crippen LogP contribution < -0.4 is 0 Å². The highest BCUT2D eigenvalue weighted by molar-refractivity contribution is 8.02. The Morgan fingerprint density at radius 2 is 1.65 bits per heavy atom. The van der Waals surface area contributed by atoms with Crippen LogP contribution in [0.15, 0.2) is 70.0 Å². The fourth-order valence-corrected chi connectivity index (χ4v) is 4.04. The second-order valence-corrected chi connectivity index (χ2v) is 11.9. The lowest BCUT2D eigenvalue weighted by molar-refractivity contribution is 0.00578. The molecule has 1 fully saturated rings. The first-order chi connectivity index (χ1) is 15.7. The summed E-state index contributed by atoms with van der Waals surface area (Å²) in [6.45, 7) is 27.5. The van der Waals surface area contributed by atoms with E-state index in [-0.39, 0.29) is 18.3 Å². The topological polar surface area (TPSA) is 30.8 Å². The molecule has 0 spiro atoms. The SMILES string of the molecule is C=C(C=N/C(=C(C)\C(C)=C\SC(C)C)c1ccccc1C)CCC(=C)B1OC(C)(C)C(C)(C)O1. The molecule has 3 nitrogen and oxygen atoms in total. The van der Waals surface area contributed by atoms with E-state index in [4.69, 9.17) is 14.3 Å². The summed E-state index contributed by atoms with van der Waals surface area (Å²) in [6, 6.07) is 8.39. The number of hydrogen-bond acceptors (Lipinski definition) is 4. The van der Waals surface area contributed by atoms with Gasteiger partial charge in [0.25, 0.3) is 0 Å². The molecule has 0 aliphatic carbocycles. The van der Waals surface area contributed by atoms with E-state index >= 15 is 0 Å². The standard InChI is InChI=1S/C29H42BNO2S/c1-20(2)34-19-23(5)25(7)27(26-15-13-12-14-22(26)4)31-18-21(3)16-17-24(6)30-32-28(8,9)29(10,11)33-30/h12-15,18-20H,3,6,16-17H2,1-2,4-5,7-11H3/b23-19+,27-25-,31-18?. The highest BCUT2D eigenvalue weighted by Gasteiger charge is 2.51. The highest BCUT2D eigenvalue weighted by Crippen LogP contribution is 2.39. The van der Waals surface area contributed by atoms with Crippen LogP contribution in [0.2, 0.25) is 0 Å². The van der Waals surface area contributed by atoms with Gasteiger partial charge in [-0.3, -0.25) is 4.99 Å². The summed E-state index contributed by atoms with van der Waals surface area (Å²) >= 11 is 1.83. The number of rotatable bonds is 10. The Bertz CT molecular complexity index is 985. The van der Waals surface area contributed by atoms with Crippen LogP contribution in [0.4, 0.5) is 0 Å². The Balaban J connectivity index is 2.16. The monoisotopic (exact) mass is 479 g/mol. The molecular weight excluding hydrogens is 437 g/mol. The molecule has 5 heteroatoms. The number of aliphatic imine (C=N–C) groups is 1. The third-order valence-electron chi connectivity index (χ3n) is 6.59. The summed E-state index contributed by atoms with van der Waals surface area (Å²) < 4.78 is 12.2. The molecule has 0 unspecified atom stereocenters. The van der Waals surface area contributed by atoms with Gasteiger partial charge >= 0.3 is 7.12 Å². The molecule has 0 saturated carbocycles. The lowest BCUT2D eigenvalue weighted by Gasteiger charge is -2.32. The zero-order valence-electron chi connectivity index (χ0n) is 22.6. The summed E-state index contributed by atoms with van der Waals surface area (Å²) in [6.07, 6.45) is 3.39. The van der Waals surface area contributed by atoms with E-state index in [1.807, 2.05) is 18.0 Å². The quantitative estimate of drug-likeness (QED) is 0.192. The van der Waals surface area contributed by atoms with Crippen LogP contribution in [0.3, 0.4) is 0 Å². The summed E-state index contributed by atoms with van der Waals surface area (Å²) in [5, 5.41) is 2.78. The number of benzene rings is 1. The van der Waals surface area contributed by atoms with Crippen molar-refractivity contribution in [1.82, 2.24) is 0 Å². The van der Waals surface area contributed by atoms with Crippen molar-refractivity contribution >= 4 is 30.8 Å². The average molecular weight is 480 g/mol. The number of nitrogens with zero attached hydrogens (tertiary/aromatic N) is 1. The molecule has 1 saturated heterocycles. The minimum atomic E-state index is -0.384. The largest absolute Gasteiger partial charge is 0.489 e. The minimum absolute atomic E-state index is 0.358. The van der Waals surface area contributed by atoms with Crippen molar-refractivity contribution in [3.8, 4) is 0 Å². The van der Waals surface area contributed by atoms with Gasteiger partial charge in [0.2, 0.25) is 0 Å². The number of aryl methyl sites for hydroxylation is 1. The molecule has 0 aromatic heterocycles. The van der Waals surface area contributed by atoms with Gasteiger partial charge in [0.05, 0.1) is 16.9 Å². The van der Waals surface area contributed by atoms with Crippen LogP contribution in [0.5, 0.6) is 0 Å². The van der Waals surface area contributed by atoms with E-state index in [2.05, 4.69) is 105 Å². The second-order valence-electron chi connectivity index (χ2n) is 10.4. The first-order valence-electron chi connectivity index (χ1n) is 12.1. The maximum atomic E-state index is 6.12. The summed E-state index contributed by atoms with van der Waals surface area (Å²) in [4.78, 5) is 4.94.